The molecule has 0 aromatic rings. The van der Waals surface area contributed by atoms with Gasteiger partial charge in [-0.1, -0.05) is 38.5 Å². The summed E-state index contributed by atoms with van der Waals surface area (Å²) in [6.07, 6.45) is 12.0. The van der Waals surface area contributed by atoms with Gasteiger partial charge in [0.2, 0.25) is 0 Å². The standard InChI is InChI=1S/C14H26O2/c1-16-14(10-6-3-7-11-14)13(15)12-8-4-2-5-9-12/h12-13,15H,2-11H2,1H3. The van der Waals surface area contributed by atoms with Crippen LogP contribution < -0.4 is 0 Å². The lowest BCUT2D eigenvalue weighted by atomic mass is 9.72. The second kappa shape index (κ2) is 5.50. The maximum atomic E-state index is 10.6. The van der Waals surface area contributed by atoms with E-state index in [2.05, 4.69) is 0 Å². The van der Waals surface area contributed by atoms with Crippen LogP contribution in [0, 0.1) is 5.92 Å². The van der Waals surface area contributed by atoms with Crippen LogP contribution in [-0.4, -0.2) is 23.9 Å². The van der Waals surface area contributed by atoms with Gasteiger partial charge in [-0.3, -0.25) is 0 Å². The van der Waals surface area contributed by atoms with Crippen LogP contribution in [-0.2, 0) is 4.74 Å². The number of methoxy groups -OCH3 is 1. The monoisotopic (exact) mass is 226 g/mol. The molecular weight excluding hydrogens is 200 g/mol. The van der Waals surface area contributed by atoms with Gasteiger partial charge in [0.25, 0.3) is 0 Å². The Morgan fingerprint density at radius 3 is 2.12 bits per heavy atom. The molecule has 2 nitrogen and oxygen atoms in total. The summed E-state index contributed by atoms with van der Waals surface area (Å²) >= 11 is 0. The zero-order valence-corrected chi connectivity index (χ0v) is 10.6. The molecule has 2 heteroatoms. The second-order valence-electron chi connectivity index (χ2n) is 5.67. The van der Waals surface area contributed by atoms with Crippen molar-refractivity contribution in [2.75, 3.05) is 7.11 Å². The van der Waals surface area contributed by atoms with Gasteiger partial charge in [0.15, 0.2) is 0 Å². The summed E-state index contributed by atoms with van der Waals surface area (Å²) in [4.78, 5) is 0. The van der Waals surface area contributed by atoms with Gasteiger partial charge in [-0.2, -0.15) is 0 Å². The van der Waals surface area contributed by atoms with E-state index in [1.165, 1.54) is 51.4 Å². The van der Waals surface area contributed by atoms with Gasteiger partial charge in [-0.05, 0) is 31.6 Å². The van der Waals surface area contributed by atoms with Crippen LogP contribution in [0.15, 0.2) is 0 Å². The average Bonchev–Trinajstić information content (AvgIpc) is 2.39. The molecular formula is C14H26O2. The molecule has 0 aliphatic heterocycles. The third-order valence-electron chi connectivity index (χ3n) is 4.74. The minimum absolute atomic E-state index is 0.208. The van der Waals surface area contributed by atoms with Crippen molar-refractivity contribution in [3.63, 3.8) is 0 Å². The SMILES string of the molecule is COC1(C(O)C2CCCCC2)CCCCC1. The number of rotatable bonds is 3. The summed E-state index contributed by atoms with van der Waals surface area (Å²) in [5, 5.41) is 10.6. The van der Waals surface area contributed by atoms with Crippen molar-refractivity contribution < 1.29 is 9.84 Å². The Bertz CT molecular complexity index is 203. The minimum Gasteiger partial charge on any atom is -0.390 e. The van der Waals surface area contributed by atoms with Crippen LogP contribution in [0.3, 0.4) is 0 Å². The first-order valence-electron chi connectivity index (χ1n) is 7.02. The summed E-state index contributed by atoms with van der Waals surface area (Å²) in [6.45, 7) is 0. The van der Waals surface area contributed by atoms with E-state index in [0.717, 1.165) is 12.8 Å². The van der Waals surface area contributed by atoms with Crippen molar-refractivity contribution in [3.8, 4) is 0 Å². The molecule has 1 N–H and O–H groups in total. The van der Waals surface area contributed by atoms with E-state index in [-0.39, 0.29) is 11.7 Å². The molecule has 0 radical (unpaired) electrons. The molecule has 0 aromatic carbocycles. The number of aliphatic hydroxyl groups is 1. The Labute approximate surface area is 99.4 Å². The molecule has 1 unspecified atom stereocenters. The fourth-order valence-corrected chi connectivity index (χ4v) is 3.65. The van der Waals surface area contributed by atoms with E-state index >= 15 is 0 Å². The lowest BCUT2D eigenvalue weighted by Crippen LogP contribution is -2.49. The Kier molecular flexibility index (Phi) is 4.26. The maximum absolute atomic E-state index is 10.6. The highest BCUT2D eigenvalue weighted by Crippen LogP contribution is 2.40. The summed E-state index contributed by atoms with van der Waals surface area (Å²) in [5.74, 6) is 0.492. The molecule has 0 spiro atoms. The van der Waals surface area contributed by atoms with E-state index in [9.17, 15) is 5.11 Å². The lowest BCUT2D eigenvalue weighted by molar-refractivity contribution is -0.146. The number of ether oxygens (including phenoxy) is 1. The Morgan fingerprint density at radius 2 is 1.56 bits per heavy atom. The van der Waals surface area contributed by atoms with Crippen molar-refractivity contribution in [3.05, 3.63) is 0 Å². The molecule has 2 saturated carbocycles. The van der Waals surface area contributed by atoms with Crippen molar-refractivity contribution >= 4 is 0 Å². The Balaban J connectivity index is 2.00. The molecule has 2 rings (SSSR count). The molecule has 0 saturated heterocycles. The molecule has 1 atom stereocenters. The molecule has 2 aliphatic rings. The van der Waals surface area contributed by atoms with E-state index in [0.29, 0.717) is 5.92 Å². The second-order valence-corrected chi connectivity index (χ2v) is 5.67. The predicted molar refractivity (Wildman–Crippen MR) is 65.4 cm³/mol. The summed E-state index contributed by atoms with van der Waals surface area (Å²) < 4.78 is 5.74. The Morgan fingerprint density at radius 1 is 1.00 bits per heavy atom. The normalized spacial score (nSPS) is 28.9. The highest BCUT2D eigenvalue weighted by Gasteiger charge is 2.42. The van der Waals surface area contributed by atoms with E-state index in [1.807, 2.05) is 0 Å². The van der Waals surface area contributed by atoms with Gasteiger partial charge < -0.3 is 9.84 Å². The highest BCUT2D eigenvalue weighted by atomic mass is 16.5. The van der Waals surface area contributed by atoms with Crippen molar-refractivity contribution in [1.82, 2.24) is 0 Å². The smallest absolute Gasteiger partial charge is 0.0939 e. The molecule has 2 fully saturated rings. The highest BCUT2D eigenvalue weighted by molar-refractivity contribution is 4.94. The predicted octanol–water partition coefficient (Wildman–Crippen LogP) is 3.28. The van der Waals surface area contributed by atoms with Crippen LogP contribution >= 0.6 is 0 Å². The van der Waals surface area contributed by atoms with Gasteiger partial charge in [0, 0.05) is 7.11 Å². The zero-order chi connectivity index (χ0) is 11.4. The van der Waals surface area contributed by atoms with Crippen molar-refractivity contribution in [2.45, 2.75) is 75.9 Å². The zero-order valence-electron chi connectivity index (χ0n) is 10.6. The average molecular weight is 226 g/mol. The van der Waals surface area contributed by atoms with Gasteiger partial charge in [0.1, 0.15) is 0 Å². The quantitative estimate of drug-likeness (QED) is 0.800. The first-order valence-corrected chi connectivity index (χ1v) is 7.02. The molecule has 0 amide bonds. The third-order valence-corrected chi connectivity index (χ3v) is 4.74. The fraction of sp³-hybridized carbons (Fsp3) is 1.00. The first-order chi connectivity index (χ1) is 7.78. The topological polar surface area (TPSA) is 29.5 Å². The summed E-state index contributed by atoms with van der Waals surface area (Å²) in [7, 11) is 1.79. The van der Waals surface area contributed by atoms with Gasteiger partial charge in [-0.15, -0.1) is 0 Å². The van der Waals surface area contributed by atoms with Crippen LogP contribution in [0.1, 0.15) is 64.2 Å². The van der Waals surface area contributed by atoms with Crippen LogP contribution in [0.25, 0.3) is 0 Å². The maximum Gasteiger partial charge on any atom is 0.0939 e. The van der Waals surface area contributed by atoms with E-state index in [4.69, 9.17) is 4.74 Å². The van der Waals surface area contributed by atoms with Crippen LogP contribution in [0.4, 0.5) is 0 Å². The van der Waals surface area contributed by atoms with Gasteiger partial charge in [0.05, 0.1) is 11.7 Å². The summed E-state index contributed by atoms with van der Waals surface area (Å²) in [6, 6.07) is 0. The lowest BCUT2D eigenvalue weighted by Gasteiger charge is -2.44. The van der Waals surface area contributed by atoms with Crippen LogP contribution in [0.2, 0.25) is 0 Å². The number of aliphatic hydroxyl groups excluding tert-OH is 1. The van der Waals surface area contributed by atoms with Crippen LogP contribution in [0.5, 0.6) is 0 Å². The fourth-order valence-electron chi connectivity index (χ4n) is 3.65. The number of hydrogen-bond acceptors (Lipinski definition) is 2. The van der Waals surface area contributed by atoms with Crippen molar-refractivity contribution in [2.24, 2.45) is 5.92 Å². The van der Waals surface area contributed by atoms with E-state index in [1.54, 1.807) is 7.11 Å². The molecule has 94 valence electrons. The number of hydrogen-bond donors (Lipinski definition) is 1. The molecule has 0 bridgehead atoms. The molecule has 0 heterocycles. The molecule has 0 aromatic heterocycles. The molecule has 16 heavy (non-hydrogen) atoms. The van der Waals surface area contributed by atoms with Crippen molar-refractivity contribution in [1.29, 1.82) is 0 Å². The first kappa shape index (κ1) is 12.4. The van der Waals surface area contributed by atoms with E-state index < -0.39 is 0 Å². The largest absolute Gasteiger partial charge is 0.390 e. The van der Waals surface area contributed by atoms with Gasteiger partial charge in [-0.25, -0.2) is 0 Å². The van der Waals surface area contributed by atoms with Gasteiger partial charge >= 0.3 is 0 Å². The summed E-state index contributed by atoms with van der Waals surface area (Å²) in [5.41, 5.74) is -0.208. The minimum atomic E-state index is -0.224. The third kappa shape index (κ3) is 2.43. The molecule has 2 aliphatic carbocycles. The Hall–Kier alpha value is -0.0800.